The minimum absolute atomic E-state index is 0.108. The third kappa shape index (κ3) is 4.86. The highest BCUT2D eigenvalue weighted by Gasteiger charge is 2.16. The molecule has 0 radical (unpaired) electrons. The number of alkyl halides is 2. The molecule has 0 saturated heterocycles. The molecule has 0 atom stereocenters. The third-order valence-corrected chi connectivity index (χ3v) is 4.31. The van der Waals surface area contributed by atoms with E-state index in [2.05, 4.69) is 31.1 Å². The molecule has 146 valence electrons. The van der Waals surface area contributed by atoms with Gasteiger partial charge in [-0.3, -0.25) is 4.79 Å². The maximum absolute atomic E-state index is 12.6. The Morgan fingerprint density at radius 2 is 2.04 bits per heavy atom. The number of aromatic nitrogens is 2. The summed E-state index contributed by atoms with van der Waals surface area (Å²) in [4.78, 5) is 12.6. The van der Waals surface area contributed by atoms with Gasteiger partial charge < -0.3 is 14.8 Å². The molecule has 1 N–H and O–H groups in total. The smallest absolute Gasteiger partial charge is 0.387 e. The van der Waals surface area contributed by atoms with Crippen molar-refractivity contribution >= 4 is 27.7 Å². The van der Waals surface area contributed by atoms with Gasteiger partial charge in [-0.2, -0.15) is 13.9 Å². The Hall–Kier alpha value is -2.94. The number of hydrogen-bond donors (Lipinski definition) is 1. The predicted octanol–water partition coefficient (Wildman–Crippen LogP) is 4.56. The summed E-state index contributed by atoms with van der Waals surface area (Å²) < 4.78 is 37.1. The maximum Gasteiger partial charge on any atom is 0.387 e. The van der Waals surface area contributed by atoms with Gasteiger partial charge in [-0.25, -0.2) is 4.68 Å². The minimum atomic E-state index is -3.03. The number of nitrogens with zero attached hydrogens (tertiary/aromatic N) is 2. The number of nitrogens with one attached hydrogen (secondary N) is 1. The third-order valence-electron chi connectivity index (χ3n) is 3.82. The number of carbonyl (C=O) groups excluding carboxylic acids is 1. The molecule has 3 rings (SSSR count). The Bertz CT molecular complexity index is 979. The van der Waals surface area contributed by atoms with Crippen LogP contribution in [0.2, 0.25) is 0 Å². The number of benzene rings is 2. The summed E-state index contributed by atoms with van der Waals surface area (Å²) in [5.74, 6) is -0.126. The normalized spacial score (nSPS) is 10.8. The average Bonchev–Trinajstić information content (AvgIpc) is 3.07. The standard InChI is InChI=1S/C19H16BrF2N3O3/c1-27-15-6-5-13(10-16(15)28-19(21)22)18(26)24-17-7-8-23-25(17)11-12-3-2-4-14(20)9-12/h2-10,19H,11H2,1H3,(H,24,26). The average molecular weight is 452 g/mol. The lowest BCUT2D eigenvalue weighted by Gasteiger charge is -2.12. The van der Waals surface area contributed by atoms with Crippen LogP contribution in [-0.2, 0) is 6.54 Å². The summed E-state index contributed by atoms with van der Waals surface area (Å²) in [7, 11) is 1.33. The topological polar surface area (TPSA) is 65.4 Å². The van der Waals surface area contributed by atoms with Crippen molar-refractivity contribution in [3.05, 3.63) is 70.3 Å². The molecule has 0 saturated carbocycles. The molecule has 2 aromatic carbocycles. The van der Waals surface area contributed by atoms with Gasteiger partial charge in [-0.05, 0) is 35.9 Å². The van der Waals surface area contributed by atoms with Crippen molar-refractivity contribution in [3.8, 4) is 11.5 Å². The Balaban J connectivity index is 1.78. The largest absolute Gasteiger partial charge is 0.493 e. The van der Waals surface area contributed by atoms with E-state index in [1.54, 1.807) is 16.9 Å². The fourth-order valence-electron chi connectivity index (χ4n) is 2.57. The van der Waals surface area contributed by atoms with Gasteiger partial charge in [0, 0.05) is 16.1 Å². The predicted molar refractivity (Wildman–Crippen MR) is 103 cm³/mol. The first kappa shape index (κ1) is 19.8. The molecule has 0 spiro atoms. The fraction of sp³-hybridized carbons (Fsp3) is 0.158. The highest BCUT2D eigenvalue weighted by Crippen LogP contribution is 2.29. The van der Waals surface area contributed by atoms with Crippen LogP contribution in [-0.4, -0.2) is 29.4 Å². The molecule has 1 aromatic heterocycles. The van der Waals surface area contributed by atoms with Crippen LogP contribution in [0.15, 0.2) is 59.2 Å². The Morgan fingerprint density at radius 1 is 1.21 bits per heavy atom. The summed E-state index contributed by atoms with van der Waals surface area (Å²) in [5, 5.41) is 6.94. The Kier molecular flexibility index (Phi) is 6.25. The molecule has 0 bridgehead atoms. The number of hydrogen-bond acceptors (Lipinski definition) is 4. The molecule has 3 aromatic rings. The van der Waals surface area contributed by atoms with E-state index in [0.717, 1.165) is 10.0 Å². The molecular formula is C19H16BrF2N3O3. The summed E-state index contributed by atoms with van der Waals surface area (Å²) in [6.45, 7) is -2.58. The van der Waals surface area contributed by atoms with Gasteiger partial charge in [0.15, 0.2) is 11.5 Å². The van der Waals surface area contributed by atoms with Crippen LogP contribution < -0.4 is 14.8 Å². The number of rotatable bonds is 7. The van der Waals surface area contributed by atoms with E-state index in [1.807, 2.05) is 24.3 Å². The Morgan fingerprint density at radius 3 is 2.75 bits per heavy atom. The lowest BCUT2D eigenvalue weighted by molar-refractivity contribution is -0.0512. The second-order valence-corrected chi connectivity index (χ2v) is 6.62. The van der Waals surface area contributed by atoms with Crippen molar-refractivity contribution in [1.29, 1.82) is 0 Å². The van der Waals surface area contributed by atoms with Crippen molar-refractivity contribution < 1.29 is 23.0 Å². The van der Waals surface area contributed by atoms with E-state index in [1.165, 1.54) is 25.3 Å². The van der Waals surface area contributed by atoms with E-state index >= 15 is 0 Å². The number of methoxy groups -OCH3 is 1. The van der Waals surface area contributed by atoms with Gasteiger partial charge in [0.25, 0.3) is 5.91 Å². The van der Waals surface area contributed by atoms with Crippen molar-refractivity contribution in [1.82, 2.24) is 9.78 Å². The van der Waals surface area contributed by atoms with Crippen molar-refractivity contribution in [2.75, 3.05) is 12.4 Å². The van der Waals surface area contributed by atoms with E-state index in [9.17, 15) is 13.6 Å². The van der Waals surface area contributed by atoms with Crippen LogP contribution in [0.25, 0.3) is 0 Å². The zero-order chi connectivity index (χ0) is 20.1. The number of amides is 1. The number of halogens is 3. The highest BCUT2D eigenvalue weighted by atomic mass is 79.9. The molecule has 0 fully saturated rings. The van der Waals surface area contributed by atoms with Crippen LogP contribution in [0.5, 0.6) is 11.5 Å². The molecular weight excluding hydrogens is 436 g/mol. The zero-order valence-corrected chi connectivity index (χ0v) is 16.3. The summed E-state index contributed by atoms with van der Waals surface area (Å²) in [6.07, 6.45) is 1.56. The number of carbonyl (C=O) groups is 1. The van der Waals surface area contributed by atoms with Gasteiger partial charge in [0.05, 0.1) is 19.9 Å². The second-order valence-electron chi connectivity index (χ2n) is 5.70. The Labute approximate surface area is 168 Å². The van der Waals surface area contributed by atoms with Gasteiger partial charge in [-0.15, -0.1) is 0 Å². The quantitative estimate of drug-likeness (QED) is 0.571. The summed E-state index contributed by atoms with van der Waals surface area (Å²) in [5.41, 5.74) is 1.14. The molecule has 9 heteroatoms. The van der Waals surface area contributed by atoms with Crippen LogP contribution in [0.3, 0.4) is 0 Å². The monoisotopic (exact) mass is 451 g/mol. The molecule has 6 nitrogen and oxygen atoms in total. The van der Waals surface area contributed by atoms with E-state index < -0.39 is 12.5 Å². The molecule has 0 aliphatic carbocycles. The van der Waals surface area contributed by atoms with Crippen molar-refractivity contribution in [2.45, 2.75) is 13.2 Å². The van der Waals surface area contributed by atoms with Crippen LogP contribution in [0.1, 0.15) is 15.9 Å². The first-order valence-corrected chi connectivity index (χ1v) is 8.96. The van der Waals surface area contributed by atoms with Crippen molar-refractivity contribution in [3.63, 3.8) is 0 Å². The molecule has 0 unspecified atom stereocenters. The van der Waals surface area contributed by atoms with Gasteiger partial charge >= 0.3 is 6.61 Å². The van der Waals surface area contributed by atoms with Crippen LogP contribution in [0, 0.1) is 0 Å². The number of ether oxygens (including phenoxy) is 2. The number of anilines is 1. The molecule has 28 heavy (non-hydrogen) atoms. The van der Waals surface area contributed by atoms with Gasteiger partial charge in [0.1, 0.15) is 5.82 Å². The lowest BCUT2D eigenvalue weighted by Crippen LogP contribution is -2.16. The SMILES string of the molecule is COc1ccc(C(=O)Nc2ccnn2Cc2cccc(Br)c2)cc1OC(F)F. The lowest BCUT2D eigenvalue weighted by atomic mass is 10.2. The molecule has 0 aliphatic rings. The van der Waals surface area contributed by atoms with Gasteiger partial charge in [0.2, 0.25) is 0 Å². The van der Waals surface area contributed by atoms with Crippen molar-refractivity contribution in [2.24, 2.45) is 0 Å². The fourth-order valence-corrected chi connectivity index (χ4v) is 3.01. The second kappa shape index (κ2) is 8.83. The first-order valence-electron chi connectivity index (χ1n) is 8.16. The minimum Gasteiger partial charge on any atom is -0.493 e. The van der Waals surface area contributed by atoms with E-state index in [-0.39, 0.29) is 17.1 Å². The van der Waals surface area contributed by atoms with Gasteiger partial charge in [-0.1, -0.05) is 28.1 Å². The van der Waals surface area contributed by atoms with E-state index in [0.29, 0.717) is 12.4 Å². The molecule has 1 amide bonds. The highest BCUT2D eigenvalue weighted by molar-refractivity contribution is 9.10. The molecule has 0 aliphatic heterocycles. The van der Waals surface area contributed by atoms with E-state index in [4.69, 9.17) is 4.74 Å². The summed E-state index contributed by atoms with van der Waals surface area (Å²) >= 11 is 3.42. The van der Waals surface area contributed by atoms with Crippen LogP contribution in [0.4, 0.5) is 14.6 Å². The zero-order valence-electron chi connectivity index (χ0n) is 14.7. The molecule has 1 heterocycles. The van der Waals surface area contributed by atoms with Crippen LogP contribution >= 0.6 is 15.9 Å². The first-order chi connectivity index (χ1) is 13.5. The maximum atomic E-state index is 12.6. The summed E-state index contributed by atoms with van der Waals surface area (Å²) in [6, 6.07) is 13.4.